The summed E-state index contributed by atoms with van der Waals surface area (Å²) >= 11 is 0. The van der Waals surface area contributed by atoms with Crippen LogP contribution in [-0.4, -0.2) is 42.2 Å². The van der Waals surface area contributed by atoms with Crippen LogP contribution in [0.1, 0.15) is 26.7 Å². The topological polar surface area (TPSA) is 66.6 Å². The average Bonchev–Trinajstić information content (AvgIpc) is 2.21. The third kappa shape index (κ3) is 4.07. The Balaban J connectivity index is 4.21. The van der Waals surface area contributed by atoms with Crippen LogP contribution in [-0.2, 0) is 4.79 Å². The van der Waals surface area contributed by atoms with Gasteiger partial charge in [0.2, 0.25) is 5.91 Å². The molecule has 0 rings (SSSR count). The molecule has 1 unspecified atom stereocenters. The highest BCUT2D eigenvalue weighted by Crippen LogP contribution is 2.08. The van der Waals surface area contributed by atoms with E-state index < -0.39 is 0 Å². The lowest BCUT2D eigenvalue weighted by atomic mass is 10.0. The maximum atomic E-state index is 11.8. The number of likely N-dealkylation sites (N-methyl/N-ethyl adjacent to an activating group) is 1. The molecule has 1 atom stereocenters. The predicted octanol–water partition coefficient (Wildman–Crippen LogP) is 0.202. The lowest BCUT2D eigenvalue weighted by Gasteiger charge is -2.24. The van der Waals surface area contributed by atoms with Gasteiger partial charge in [-0.05, 0) is 13.3 Å². The second-order valence-electron chi connectivity index (χ2n) is 3.36. The van der Waals surface area contributed by atoms with Crippen molar-refractivity contribution < 1.29 is 9.90 Å². The molecule has 84 valence electrons. The van der Waals surface area contributed by atoms with E-state index in [1.165, 1.54) is 0 Å². The molecule has 0 saturated heterocycles. The number of hydrogen-bond donors (Lipinski definition) is 2. The molecule has 0 bridgehead atoms. The normalized spacial score (nSPS) is 12.6. The van der Waals surface area contributed by atoms with Crippen LogP contribution in [0.3, 0.4) is 0 Å². The molecule has 3 N–H and O–H groups in total. The maximum Gasteiger partial charge on any atom is 0.227 e. The van der Waals surface area contributed by atoms with Gasteiger partial charge in [0.15, 0.2) is 0 Å². The quantitative estimate of drug-likeness (QED) is 0.620. The number of nitrogens with zero attached hydrogens (tertiary/aromatic N) is 1. The van der Waals surface area contributed by atoms with E-state index in [0.29, 0.717) is 19.6 Å². The van der Waals surface area contributed by atoms with Crippen molar-refractivity contribution in [2.45, 2.75) is 26.7 Å². The van der Waals surface area contributed by atoms with Gasteiger partial charge in [-0.2, -0.15) is 0 Å². The van der Waals surface area contributed by atoms with Gasteiger partial charge in [-0.15, -0.1) is 0 Å². The lowest BCUT2D eigenvalue weighted by Crippen LogP contribution is -2.40. The van der Waals surface area contributed by atoms with E-state index in [4.69, 9.17) is 10.8 Å². The van der Waals surface area contributed by atoms with Crippen LogP contribution >= 0.6 is 0 Å². The average molecular weight is 202 g/mol. The molecule has 0 radical (unpaired) electrons. The first-order chi connectivity index (χ1) is 6.71. The summed E-state index contributed by atoms with van der Waals surface area (Å²) in [5, 5.41) is 8.78. The van der Waals surface area contributed by atoms with Gasteiger partial charge in [0, 0.05) is 19.6 Å². The molecular weight excluding hydrogens is 180 g/mol. The fourth-order valence-corrected chi connectivity index (χ4v) is 1.49. The minimum Gasteiger partial charge on any atom is -0.395 e. The van der Waals surface area contributed by atoms with Crippen molar-refractivity contribution in [2.75, 3.05) is 26.2 Å². The van der Waals surface area contributed by atoms with E-state index >= 15 is 0 Å². The van der Waals surface area contributed by atoms with Crippen molar-refractivity contribution in [3.8, 4) is 0 Å². The fraction of sp³-hybridized carbons (Fsp3) is 0.900. The molecule has 0 heterocycles. The number of amides is 1. The van der Waals surface area contributed by atoms with Crippen molar-refractivity contribution in [1.29, 1.82) is 0 Å². The van der Waals surface area contributed by atoms with E-state index in [0.717, 1.165) is 12.8 Å². The third-order valence-corrected chi connectivity index (χ3v) is 2.33. The van der Waals surface area contributed by atoms with Gasteiger partial charge < -0.3 is 15.7 Å². The van der Waals surface area contributed by atoms with Crippen molar-refractivity contribution in [2.24, 2.45) is 11.7 Å². The van der Waals surface area contributed by atoms with Gasteiger partial charge in [-0.1, -0.05) is 13.3 Å². The molecular formula is C10H22N2O2. The number of aliphatic hydroxyl groups is 1. The van der Waals surface area contributed by atoms with Crippen LogP contribution in [0.4, 0.5) is 0 Å². The minimum absolute atomic E-state index is 0.0169. The SMILES string of the molecule is CCCC(CN)C(=O)N(CC)CCO. The van der Waals surface area contributed by atoms with E-state index in [-0.39, 0.29) is 18.4 Å². The second-order valence-corrected chi connectivity index (χ2v) is 3.36. The summed E-state index contributed by atoms with van der Waals surface area (Å²) in [7, 11) is 0. The van der Waals surface area contributed by atoms with Gasteiger partial charge in [-0.3, -0.25) is 4.79 Å². The standard InChI is InChI=1S/C10H22N2O2/c1-3-5-9(8-11)10(14)12(4-2)6-7-13/h9,13H,3-8,11H2,1-2H3. The second kappa shape index (κ2) is 7.76. The Morgan fingerprint density at radius 1 is 1.50 bits per heavy atom. The van der Waals surface area contributed by atoms with Crippen LogP contribution in [0.2, 0.25) is 0 Å². The Labute approximate surface area is 86.1 Å². The molecule has 0 aromatic rings. The predicted molar refractivity (Wildman–Crippen MR) is 56.8 cm³/mol. The monoisotopic (exact) mass is 202 g/mol. The van der Waals surface area contributed by atoms with E-state index in [2.05, 4.69) is 0 Å². The Bertz CT molecular complexity index is 146. The van der Waals surface area contributed by atoms with E-state index in [9.17, 15) is 4.79 Å². The van der Waals surface area contributed by atoms with Gasteiger partial charge in [0.05, 0.1) is 12.5 Å². The Morgan fingerprint density at radius 2 is 2.14 bits per heavy atom. The van der Waals surface area contributed by atoms with Crippen molar-refractivity contribution >= 4 is 5.91 Å². The summed E-state index contributed by atoms with van der Waals surface area (Å²) in [4.78, 5) is 13.5. The first-order valence-corrected chi connectivity index (χ1v) is 5.30. The maximum absolute atomic E-state index is 11.8. The number of rotatable bonds is 7. The summed E-state index contributed by atoms with van der Waals surface area (Å²) in [5.41, 5.74) is 5.54. The molecule has 0 spiro atoms. The van der Waals surface area contributed by atoms with E-state index in [1.54, 1.807) is 4.90 Å². The van der Waals surface area contributed by atoms with Crippen molar-refractivity contribution in [1.82, 2.24) is 4.90 Å². The molecule has 1 amide bonds. The number of carbonyl (C=O) groups is 1. The fourth-order valence-electron chi connectivity index (χ4n) is 1.49. The van der Waals surface area contributed by atoms with Crippen LogP contribution < -0.4 is 5.73 Å². The molecule has 0 aliphatic carbocycles. The molecule has 0 aromatic carbocycles. The largest absolute Gasteiger partial charge is 0.395 e. The van der Waals surface area contributed by atoms with E-state index in [1.807, 2.05) is 13.8 Å². The van der Waals surface area contributed by atoms with Crippen LogP contribution in [0.25, 0.3) is 0 Å². The minimum atomic E-state index is -0.0773. The highest BCUT2D eigenvalue weighted by molar-refractivity contribution is 5.79. The van der Waals surface area contributed by atoms with Crippen molar-refractivity contribution in [3.05, 3.63) is 0 Å². The number of hydrogen-bond acceptors (Lipinski definition) is 3. The molecule has 4 nitrogen and oxygen atoms in total. The first-order valence-electron chi connectivity index (χ1n) is 5.30. The molecule has 0 aromatic heterocycles. The highest BCUT2D eigenvalue weighted by atomic mass is 16.3. The Hall–Kier alpha value is -0.610. The summed E-state index contributed by atoms with van der Waals surface area (Å²) < 4.78 is 0. The zero-order valence-electron chi connectivity index (χ0n) is 9.20. The van der Waals surface area contributed by atoms with Gasteiger partial charge >= 0.3 is 0 Å². The smallest absolute Gasteiger partial charge is 0.227 e. The molecule has 0 aliphatic rings. The van der Waals surface area contributed by atoms with Gasteiger partial charge in [0.25, 0.3) is 0 Å². The van der Waals surface area contributed by atoms with Crippen LogP contribution in [0, 0.1) is 5.92 Å². The molecule has 0 saturated carbocycles. The summed E-state index contributed by atoms with van der Waals surface area (Å²) in [6.07, 6.45) is 1.79. The number of aliphatic hydroxyl groups excluding tert-OH is 1. The first kappa shape index (κ1) is 13.4. The molecule has 4 heteroatoms. The Kier molecular flexibility index (Phi) is 7.42. The summed E-state index contributed by atoms with van der Waals surface area (Å²) in [6, 6.07) is 0. The Morgan fingerprint density at radius 3 is 2.50 bits per heavy atom. The zero-order chi connectivity index (χ0) is 11.0. The lowest BCUT2D eigenvalue weighted by molar-refractivity contribution is -0.135. The molecule has 0 aliphatic heterocycles. The summed E-state index contributed by atoms with van der Waals surface area (Å²) in [5.74, 6) is -0.00241. The third-order valence-electron chi connectivity index (χ3n) is 2.33. The number of carbonyl (C=O) groups excluding carboxylic acids is 1. The molecule has 0 fully saturated rings. The zero-order valence-corrected chi connectivity index (χ0v) is 9.20. The number of nitrogens with two attached hydrogens (primary N) is 1. The summed E-state index contributed by atoms with van der Waals surface area (Å²) in [6.45, 7) is 5.41. The highest BCUT2D eigenvalue weighted by Gasteiger charge is 2.20. The van der Waals surface area contributed by atoms with Gasteiger partial charge in [-0.25, -0.2) is 0 Å². The van der Waals surface area contributed by atoms with Gasteiger partial charge in [0.1, 0.15) is 0 Å². The van der Waals surface area contributed by atoms with Crippen LogP contribution in [0.15, 0.2) is 0 Å². The molecule has 14 heavy (non-hydrogen) atoms. The van der Waals surface area contributed by atoms with Crippen LogP contribution in [0.5, 0.6) is 0 Å². The van der Waals surface area contributed by atoms with Crippen molar-refractivity contribution in [3.63, 3.8) is 0 Å².